The Morgan fingerprint density at radius 2 is 2.05 bits per heavy atom. The lowest BCUT2D eigenvalue weighted by molar-refractivity contribution is -0.143. The van der Waals surface area contributed by atoms with Gasteiger partial charge in [0.25, 0.3) is 5.91 Å². The molecule has 8 heteroatoms. The Morgan fingerprint density at radius 3 is 2.57 bits per heavy atom. The van der Waals surface area contributed by atoms with Crippen LogP contribution in [0.5, 0.6) is 5.75 Å². The van der Waals surface area contributed by atoms with Crippen LogP contribution in [0, 0.1) is 0 Å². The molecule has 6 nitrogen and oxygen atoms in total. The van der Waals surface area contributed by atoms with E-state index in [-0.39, 0.29) is 23.8 Å². The van der Waals surface area contributed by atoms with Gasteiger partial charge in [-0.05, 0) is 25.1 Å². The van der Waals surface area contributed by atoms with Crippen LogP contribution in [0.4, 0.5) is 0 Å². The minimum Gasteiger partial charge on any atom is -0.480 e. The smallest absolute Gasteiger partial charge is 0.326 e. The summed E-state index contributed by atoms with van der Waals surface area (Å²) >= 11 is 11.7. The van der Waals surface area contributed by atoms with Gasteiger partial charge < -0.3 is 20.3 Å². The second-order valence-electron chi connectivity index (χ2n) is 4.25. The fourth-order valence-electron chi connectivity index (χ4n) is 1.49. The van der Waals surface area contributed by atoms with Crippen molar-refractivity contribution in [2.24, 2.45) is 0 Å². The number of ether oxygens (including phenoxy) is 1. The molecule has 1 aromatic carbocycles. The Hall–Kier alpha value is -1.50. The van der Waals surface area contributed by atoms with Crippen molar-refractivity contribution in [3.8, 4) is 5.75 Å². The Kier molecular flexibility index (Phi) is 6.74. The van der Waals surface area contributed by atoms with Gasteiger partial charge >= 0.3 is 5.97 Å². The average molecular weight is 336 g/mol. The first-order chi connectivity index (χ1) is 9.85. The molecule has 1 rings (SSSR count). The largest absolute Gasteiger partial charge is 0.480 e. The molecule has 0 aromatic heterocycles. The number of rotatable bonds is 7. The number of carboxylic acid groups (broad SMARTS) is 1. The summed E-state index contributed by atoms with van der Waals surface area (Å²) in [5.74, 6) is -1.59. The van der Waals surface area contributed by atoms with E-state index in [9.17, 15) is 9.59 Å². The molecule has 0 aliphatic rings. The molecule has 0 saturated heterocycles. The summed E-state index contributed by atoms with van der Waals surface area (Å²) in [7, 11) is 0. The van der Waals surface area contributed by atoms with E-state index in [0.29, 0.717) is 5.02 Å². The third kappa shape index (κ3) is 5.41. The Labute approximate surface area is 131 Å². The van der Waals surface area contributed by atoms with E-state index in [0.717, 1.165) is 0 Å². The van der Waals surface area contributed by atoms with Gasteiger partial charge in [0.15, 0.2) is 6.10 Å². The molecule has 1 aromatic rings. The number of carboxylic acids is 1. The second-order valence-corrected chi connectivity index (χ2v) is 5.09. The molecule has 0 aliphatic heterocycles. The highest BCUT2D eigenvalue weighted by Crippen LogP contribution is 2.28. The fourth-order valence-corrected chi connectivity index (χ4v) is 1.94. The van der Waals surface area contributed by atoms with E-state index in [2.05, 4.69) is 5.32 Å². The molecule has 0 radical (unpaired) electrons. The van der Waals surface area contributed by atoms with Crippen LogP contribution in [0.1, 0.15) is 13.3 Å². The lowest BCUT2D eigenvalue weighted by Crippen LogP contribution is -2.46. The minimum atomic E-state index is -1.23. The molecule has 0 heterocycles. The van der Waals surface area contributed by atoms with Crippen LogP contribution >= 0.6 is 23.2 Å². The summed E-state index contributed by atoms with van der Waals surface area (Å²) in [5, 5.41) is 20.6. The molecule has 0 bridgehead atoms. The number of nitrogens with one attached hydrogen (secondary N) is 1. The fraction of sp³-hybridized carbons (Fsp3) is 0.385. The number of hydrogen-bond donors (Lipinski definition) is 3. The summed E-state index contributed by atoms with van der Waals surface area (Å²) in [4.78, 5) is 22.8. The van der Waals surface area contributed by atoms with Gasteiger partial charge in [-0.15, -0.1) is 0 Å². The van der Waals surface area contributed by atoms with E-state index >= 15 is 0 Å². The molecule has 0 fully saturated rings. The average Bonchev–Trinajstić information content (AvgIpc) is 2.41. The zero-order valence-corrected chi connectivity index (χ0v) is 12.7. The van der Waals surface area contributed by atoms with Gasteiger partial charge in [-0.25, -0.2) is 4.79 Å². The topological polar surface area (TPSA) is 95.9 Å². The first-order valence-corrected chi connectivity index (χ1v) is 6.86. The third-order valence-electron chi connectivity index (χ3n) is 2.60. The van der Waals surface area contributed by atoms with Crippen LogP contribution < -0.4 is 10.1 Å². The molecule has 2 atom stereocenters. The normalized spacial score (nSPS) is 13.3. The molecule has 3 N–H and O–H groups in total. The quantitative estimate of drug-likeness (QED) is 0.705. The minimum absolute atomic E-state index is 0.0878. The molecule has 1 amide bonds. The van der Waals surface area contributed by atoms with Crippen molar-refractivity contribution in [3.05, 3.63) is 28.2 Å². The van der Waals surface area contributed by atoms with Crippen molar-refractivity contribution < 1.29 is 24.5 Å². The molecule has 2 unspecified atom stereocenters. The Bertz CT molecular complexity index is 523. The zero-order chi connectivity index (χ0) is 16.0. The SMILES string of the molecule is CC(Oc1ccc(Cl)cc1Cl)C(=O)NC(CCO)C(=O)O. The summed E-state index contributed by atoms with van der Waals surface area (Å²) in [5.41, 5.74) is 0. The van der Waals surface area contributed by atoms with E-state index in [1.807, 2.05) is 0 Å². The number of carbonyl (C=O) groups excluding carboxylic acids is 1. The molecular weight excluding hydrogens is 321 g/mol. The van der Waals surface area contributed by atoms with Crippen molar-refractivity contribution in [1.82, 2.24) is 5.32 Å². The van der Waals surface area contributed by atoms with Gasteiger partial charge in [0.1, 0.15) is 11.8 Å². The maximum Gasteiger partial charge on any atom is 0.326 e. The molecule has 21 heavy (non-hydrogen) atoms. The Morgan fingerprint density at radius 1 is 1.38 bits per heavy atom. The highest BCUT2D eigenvalue weighted by Gasteiger charge is 2.23. The van der Waals surface area contributed by atoms with Gasteiger partial charge in [0, 0.05) is 18.1 Å². The highest BCUT2D eigenvalue weighted by molar-refractivity contribution is 6.35. The van der Waals surface area contributed by atoms with Crippen molar-refractivity contribution in [2.45, 2.75) is 25.5 Å². The van der Waals surface area contributed by atoms with Crippen LogP contribution in [-0.2, 0) is 9.59 Å². The monoisotopic (exact) mass is 335 g/mol. The number of benzene rings is 1. The molecule has 0 aliphatic carbocycles. The van der Waals surface area contributed by atoms with Gasteiger partial charge in [0.05, 0.1) is 5.02 Å². The lowest BCUT2D eigenvalue weighted by Gasteiger charge is -2.18. The van der Waals surface area contributed by atoms with Crippen molar-refractivity contribution in [3.63, 3.8) is 0 Å². The standard InChI is InChI=1S/C13H15Cl2NO5/c1-7(12(18)16-10(4-5-17)13(19)20)21-11-3-2-8(14)6-9(11)15/h2-3,6-7,10,17H,4-5H2,1H3,(H,16,18)(H,19,20). The summed E-state index contributed by atoms with van der Waals surface area (Å²) in [6, 6.07) is 3.36. The number of carbonyl (C=O) groups is 2. The van der Waals surface area contributed by atoms with E-state index < -0.39 is 24.0 Å². The van der Waals surface area contributed by atoms with Crippen molar-refractivity contribution in [2.75, 3.05) is 6.61 Å². The zero-order valence-electron chi connectivity index (χ0n) is 11.2. The van der Waals surface area contributed by atoms with Gasteiger partial charge in [-0.2, -0.15) is 0 Å². The lowest BCUT2D eigenvalue weighted by atomic mass is 10.2. The summed E-state index contributed by atoms with van der Waals surface area (Å²) in [6.07, 6.45) is -1.04. The van der Waals surface area contributed by atoms with E-state index in [4.69, 9.17) is 38.2 Å². The summed E-state index contributed by atoms with van der Waals surface area (Å²) in [6.45, 7) is 1.10. The second kappa shape index (κ2) is 8.07. The van der Waals surface area contributed by atoms with Gasteiger partial charge in [-0.1, -0.05) is 23.2 Å². The number of aliphatic hydroxyl groups excluding tert-OH is 1. The predicted molar refractivity (Wildman–Crippen MR) is 77.8 cm³/mol. The van der Waals surface area contributed by atoms with Crippen LogP contribution in [0.2, 0.25) is 10.0 Å². The third-order valence-corrected chi connectivity index (χ3v) is 3.13. The van der Waals surface area contributed by atoms with Crippen molar-refractivity contribution in [1.29, 1.82) is 0 Å². The molecule has 0 saturated carbocycles. The number of hydrogen-bond acceptors (Lipinski definition) is 4. The van der Waals surface area contributed by atoms with Crippen LogP contribution in [0.25, 0.3) is 0 Å². The molecule has 116 valence electrons. The van der Waals surface area contributed by atoms with Gasteiger partial charge in [0.2, 0.25) is 0 Å². The first kappa shape index (κ1) is 17.6. The number of amides is 1. The maximum atomic E-state index is 11.9. The number of aliphatic carboxylic acids is 1. The first-order valence-electron chi connectivity index (χ1n) is 6.11. The van der Waals surface area contributed by atoms with Gasteiger partial charge in [-0.3, -0.25) is 4.79 Å². The van der Waals surface area contributed by atoms with E-state index in [1.165, 1.54) is 19.1 Å². The predicted octanol–water partition coefficient (Wildman–Crippen LogP) is 1.71. The van der Waals surface area contributed by atoms with Crippen molar-refractivity contribution >= 4 is 35.1 Å². The number of aliphatic hydroxyl groups is 1. The molecule has 0 spiro atoms. The summed E-state index contributed by atoms with van der Waals surface area (Å²) < 4.78 is 5.36. The molecular formula is C13H15Cl2NO5. The Balaban J connectivity index is 2.67. The highest BCUT2D eigenvalue weighted by atomic mass is 35.5. The van der Waals surface area contributed by atoms with Crippen LogP contribution in [0.3, 0.4) is 0 Å². The van der Waals surface area contributed by atoms with Crippen LogP contribution in [-0.4, -0.2) is 40.8 Å². The maximum absolute atomic E-state index is 11.9. The number of halogens is 2. The van der Waals surface area contributed by atoms with E-state index in [1.54, 1.807) is 6.07 Å². The van der Waals surface area contributed by atoms with Crippen LogP contribution in [0.15, 0.2) is 18.2 Å².